The molecule has 3 aromatic rings. The van der Waals surface area contributed by atoms with Crippen LogP contribution in [0.25, 0.3) is 10.9 Å². The lowest BCUT2D eigenvalue weighted by Gasteiger charge is -2.03. The molecule has 0 aliphatic heterocycles. The van der Waals surface area contributed by atoms with Crippen LogP contribution in [-0.4, -0.2) is 20.9 Å². The van der Waals surface area contributed by atoms with Crippen molar-refractivity contribution in [2.24, 2.45) is 0 Å². The van der Waals surface area contributed by atoms with Crippen LogP contribution in [0, 0.1) is 0 Å². The Balaban J connectivity index is 1.46. The Morgan fingerprint density at radius 1 is 1.24 bits per heavy atom. The molecule has 3 rings (SSSR count). The number of para-hydroxylation sites is 1. The number of amides is 1. The summed E-state index contributed by atoms with van der Waals surface area (Å²) in [6.07, 6.45) is 7.64. The quantitative estimate of drug-likeness (QED) is 0.650. The van der Waals surface area contributed by atoms with Crippen molar-refractivity contribution >= 4 is 16.8 Å². The van der Waals surface area contributed by atoms with Gasteiger partial charge in [0.05, 0.1) is 18.6 Å². The maximum atomic E-state index is 11.8. The molecule has 0 fully saturated rings. The molecule has 21 heavy (non-hydrogen) atoms. The van der Waals surface area contributed by atoms with Crippen LogP contribution >= 0.6 is 0 Å². The van der Waals surface area contributed by atoms with Crippen LogP contribution in [0.5, 0.6) is 0 Å². The average Bonchev–Trinajstić information content (AvgIpc) is 3.15. The lowest BCUT2D eigenvalue weighted by atomic mass is 10.1. The Hall–Kier alpha value is -2.56. The number of imidazole rings is 1. The highest BCUT2D eigenvalue weighted by Crippen LogP contribution is 2.19. The summed E-state index contributed by atoms with van der Waals surface area (Å²) in [5.74, 6) is 0.0736. The fraction of sp³-hybridized carbons (Fsp3) is 0.250. The Bertz CT molecular complexity index is 715. The van der Waals surface area contributed by atoms with Crippen molar-refractivity contribution in [1.82, 2.24) is 20.3 Å². The van der Waals surface area contributed by atoms with Gasteiger partial charge < -0.3 is 15.3 Å². The molecule has 0 spiro atoms. The maximum Gasteiger partial charge on any atom is 0.220 e. The summed E-state index contributed by atoms with van der Waals surface area (Å²) in [7, 11) is 0. The molecule has 2 aromatic heterocycles. The van der Waals surface area contributed by atoms with E-state index in [2.05, 4.69) is 32.4 Å². The number of aromatic amines is 2. The molecule has 0 atom stereocenters. The molecule has 0 aliphatic rings. The van der Waals surface area contributed by atoms with Crippen LogP contribution in [0.1, 0.15) is 24.1 Å². The Morgan fingerprint density at radius 3 is 3.00 bits per heavy atom. The molecular weight excluding hydrogens is 264 g/mol. The molecule has 1 amide bonds. The first-order chi connectivity index (χ1) is 10.3. The minimum absolute atomic E-state index is 0.0736. The van der Waals surface area contributed by atoms with Crippen molar-refractivity contribution in [3.05, 3.63) is 54.2 Å². The number of benzene rings is 1. The van der Waals surface area contributed by atoms with Crippen molar-refractivity contribution in [3.63, 3.8) is 0 Å². The summed E-state index contributed by atoms with van der Waals surface area (Å²) in [5, 5.41) is 4.13. The van der Waals surface area contributed by atoms with Crippen LogP contribution in [0.4, 0.5) is 0 Å². The highest BCUT2D eigenvalue weighted by atomic mass is 16.1. The number of fused-ring (bicyclic) bond motifs is 1. The summed E-state index contributed by atoms with van der Waals surface area (Å²) in [4.78, 5) is 21.9. The van der Waals surface area contributed by atoms with Gasteiger partial charge in [-0.05, 0) is 24.5 Å². The monoisotopic (exact) mass is 282 g/mol. The Morgan fingerprint density at radius 2 is 2.14 bits per heavy atom. The highest BCUT2D eigenvalue weighted by Gasteiger charge is 2.05. The second-order valence-corrected chi connectivity index (χ2v) is 5.07. The number of carbonyl (C=O) groups excluding carboxylic acids is 1. The van der Waals surface area contributed by atoms with Gasteiger partial charge in [-0.3, -0.25) is 4.79 Å². The van der Waals surface area contributed by atoms with Gasteiger partial charge in [0, 0.05) is 29.7 Å². The minimum atomic E-state index is 0.0736. The average molecular weight is 282 g/mol. The standard InChI is InChI=1S/C16H18N4O/c21-16(19-10-13-9-17-11-20-13)7-3-4-12-8-18-15-6-2-1-5-14(12)15/h1-2,5-6,8-9,11,18H,3-4,7,10H2,(H,17,20)(H,19,21). The zero-order valence-electron chi connectivity index (χ0n) is 11.7. The normalized spacial score (nSPS) is 10.9. The second-order valence-electron chi connectivity index (χ2n) is 5.07. The largest absolute Gasteiger partial charge is 0.361 e. The second kappa shape index (κ2) is 6.26. The molecule has 3 N–H and O–H groups in total. The van der Waals surface area contributed by atoms with E-state index in [0.717, 1.165) is 24.1 Å². The number of nitrogens with one attached hydrogen (secondary N) is 3. The lowest BCUT2D eigenvalue weighted by Crippen LogP contribution is -2.22. The third kappa shape index (κ3) is 3.31. The highest BCUT2D eigenvalue weighted by molar-refractivity contribution is 5.83. The van der Waals surface area contributed by atoms with Gasteiger partial charge in [0.25, 0.3) is 0 Å². The Kier molecular flexibility index (Phi) is 4.00. The number of carbonyl (C=O) groups is 1. The zero-order valence-corrected chi connectivity index (χ0v) is 11.7. The van der Waals surface area contributed by atoms with E-state index < -0.39 is 0 Å². The van der Waals surface area contributed by atoms with E-state index in [1.807, 2.05) is 18.3 Å². The molecule has 108 valence electrons. The molecule has 1 aromatic carbocycles. The van der Waals surface area contributed by atoms with Gasteiger partial charge in [0.1, 0.15) is 0 Å². The van der Waals surface area contributed by atoms with Crippen LogP contribution in [-0.2, 0) is 17.8 Å². The van der Waals surface area contributed by atoms with Crippen LogP contribution < -0.4 is 5.32 Å². The van der Waals surface area contributed by atoms with E-state index in [1.165, 1.54) is 10.9 Å². The van der Waals surface area contributed by atoms with Crippen LogP contribution in [0.3, 0.4) is 0 Å². The van der Waals surface area contributed by atoms with Crippen molar-refractivity contribution in [2.45, 2.75) is 25.8 Å². The Labute approximate surface area is 122 Å². The molecule has 0 aliphatic carbocycles. The third-order valence-electron chi connectivity index (χ3n) is 3.56. The molecule has 0 unspecified atom stereocenters. The molecule has 0 saturated carbocycles. The maximum absolute atomic E-state index is 11.8. The number of aryl methyl sites for hydroxylation is 1. The molecule has 5 heteroatoms. The first-order valence-corrected chi connectivity index (χ1v) is 7.12. The summed E-state index contributed by atoms with van der Waals surface area (Å²) in [5.41, 5.74) is 3.34. The number of hydrogen-bond donors (Lipinski definition) is 3. The van der Waals surface area contributed by atoms with Crippen LogP contribution in [0.15, 0.2) is 43.0 Å². The molecular formula is C16H18N4O. The van der Waals surface area contributed by atoms with Crippen LogP contribution in [0.2, 0.25) is 0 Å². The van der Waals surface area contributed by atoms with Gasteiger partial charge in [-0.25, -0.2) is 4.98 Å². The van der Waals surface area contributed by atoms with Gasteiger partial charge in [-0.1, -0.05) is 18.2 Å². The topological polar surface area (TPSA) is 73.6 Å². The first-order valence-electron chi connectivity index (χ1n) is 7.12. The van der Waals surface area contributed by atoms with Crippen molar-refractivity contribution < 1.29 is 4.79 Å². The summed E-state index contributed by atoms with van der Waals surface area (Å²) in [6, 6.07) is 8.23. The van der Waals surface area contributed by atoms with E-state index in [-0.39, 0.29) is 5.91 Å². The minimum Gasteiger partial charge on any atom is -0.361 e. The van der Waals surface area contributed by atoms with Gasteiger partial charge >= 0.3 is 0 Å². The molecule has 5 nitrogen and oxygen atoms in total. The molecule has 0 saturated heterocycles. The van der Waals surface area contributed by atoms with Crippen molar-refractivity contribution in [2.75, 3.05) is 0 Å². The van der Waals surface area contributed by atoms with E-state index in [1.54, 1.807) is 12.5 Å². The number of rotatable bonds is 6. The van der Waals surface area contributed by atoms with Gasteiger partial charge in [0.2, 0.25) is 5.91 Å². The summed E-state index contributed by atoms with van der Waals surface area (Å²) < 4.78 is 0. The van der Waals surface area contributed by atoms with Gasteiger partial charge in [0.15, 0.2) is 0 Å². The number of aromatic nitrogens is 3. The predicted octanol–water partition coefficient (Wildman–Crippen LogP) is 2.53. The predicted molar refractivity (Wildman–Crippen MR) is 81.7 cm³/mol. The number of hydrogen-bond acceptors (Lipinski definition) is 2. The van der Waals surface area contributed by atoms with Crippen molar-refractivity contribution in [3.8, 4) is 0 Å². The van der Waals surface area contributed by atoms with E-state index in [0.29, 0.717) is 13.0 Å². The lowest BCUT2D eigenvalue weighted by molar-refractivity contribution is -0.121. The fourth-order valence-electron chi connectivity index (χ4n) is 2.44. The van der Waals surface area contributed by atoms with E-state index in [4.69, 9.17) is 0 Å². The fourth-order valence-corrected chi connectivity index (χ4v) is 2.44. The van der Waals surface area contributed by atoms with Gasteiger partial charge in [-0.15, -0.1) is 0 Å². The first kappa shape index (κ1) is 13.4. The molecule has 2 heterocycles. The SMILES string of the molecule is O=C(CCCc1c[nH]c2ccccc12)NCc1cnc[nH]1. The summed E-state index contributed by atoms with van der Waals surface area (Å²) >= 11 is 0. The van der Waals surface area contributed by atoms with E-state index >= 15 is 0 Å². The van der Waals surface area contributed by atoms with Gasteiger partial charge in [-0.2, -0.15) is 0 Å². The van der Waals surface area contributed by atoms with E-state index in [9.17, 15) is 4.79 Å². The third-order valence-corrected chi connectivity index (χ3v) is 3.56. The number of nitrogens with zero attached hydrogens (tertiary/aromatic N) is 1. The molecule has 0 bridgehead atoms. The molecule has 0 radical (unpaired) electrons. The smallest absolute Gasteiger partial charge is 0.220 e. The summed E-state index contributed by atoms with van der Waals surface area (Å²) in [6.45, 7) is 0.506. The number of H-pyrrole nitrogens is 2. The van der Waals surface area contributed by atoms with Crippen molar-refractivity contribution in [1.29, 1.82) is 0 Å². The zero-order chi connectivity index (χ0) is 14.5.